The Kier molecular flexibility index (Phi) is 4.93. The summed E-state index contributed by atoms with van der Waals surface area (Å²) < 4.78 is 0. The summed E-state index contributed by atoms with van der Waals surface area (Å²) in [6, 6.07) is 6.65. The summed E-state index contributed by atoms with van der Waals surface area (Å²) in [6.07, 6.45) is 3.90. The molecule has 0 radical (unpaired) electrons. The second-order valence-electron chi connectivity index (χ2n) is 4.78. The van der Waals surface area contributed by atoms with Crippen LogP contribution in [0.4, 0.5) is 5.82 Å². The van der Waals surface area contributed by atoms with Crippen molar-refractivity contribution in [1.29, 1.82) is 0 Å². The molecule has 0 aliphatic rings. The molecule has 0 fully saturated rings. The first kappa shape index (κ1) is 14.0. The third-order valence-corrected chi connectivity index (χ3v) is 3.99. The van der Waals surface area contributed by atoms with Gasteiger partial charge in [-0.05, 0) is 43.0 Å². The van der Waals surface area contributed by atoms with Gasteiger partial charge in [0.2, 0.25) is 0 Å². The summed E-state index contributed by atoms with van der Waals surface area (Å²) in [7, 11) is 0. The Morgan fingerprint density at radius 3 is 3.00 bits per heavy atom. The van der Waals surface area contributed by atoms with Gasteiger partial charge in [-0.2, -0.15) is 0 Å². The van der Waals surface area contributed by atoms with Gasteiger partial charge < -0.3 is 11.1 Å². The molecular weight excluding hydrogens is 254 g/mol. The van der Waals surface area contributed by atoms with E-state index in [1.54, 1.807) is 11.3 Å². The average molecular weight is 275 g/mol. The van der Waals surface area contributed by atoms with E-state index in [-0.39, 0.29) is 6.04 Å². The van der Waals surface area contributed by atoms with Gasteiger partial charge in [-0.3, -0.25) is 0 Å². The lowest BCUT2D eigenvalue weighted by molar-refractivity contribution is 0.532. The highest BCUT2D eigenvalue weighted by molar-refractivity contribution is 7.09. The molecule has 4 heteroatoms. The number of thiophene rings is 1. The minimum atomic E-state index is 0.242. The van der Waals surface area contributed by atoms with Crippen molar-refractivity contribution in [3.63, 3.8) is 0 Å². The lowest BCUT2D eigenvalue weighted by Gasteiger charge is -2.20. The van der Waals surface area contributed by atoms with Crippen molar-refractivity contribution < 1.29 is 0 Å². The number of hydrogen-bond donors (Lipinski definition) is 2. The van der Waals surface area contributed by atoms with Crippen LogP contribution in [0.2, 0.25) is 0 Å². The van der Waals surface area contributed by atoms with Gasteiger partial charge in [0.25, 0.3) is 0 Å². The minimum absolute atomic E-state index is 0.242. The number of hydrogen-bond acceptors (Lipinski definition) is 4. The minimum Gasteiger partial charge on any atom is -0.383 e. The first-order valence-electron chi connectivity index (χ1n) is 6.68. The fourth-order valence-corrected chi connectivity index (χ4v) is 2.87. The summed E-state index contributed by atoms with van der Waals surface area (Å²) in [5, 5.41) is 5.69. The Bertz CT molecular complexity index is 508. The largest absolute Gasteiger partial charge is 0.383 e. The van der Waals surface area contributed by atoms with Gasteiger partial charge in [-0.15, -0.1) is 11.3 Å². The molecule has 1 unspecified atom stereocenters. The van der Waals surface area contributed by atoms with Crippen molar-refractivity contribution in [2.24, 2.45) is 0 Å². The Morgan fingerprint density at radius 1 is 1.47 bits per heavy atom. The standard InChI is InChI=1S/C15H21N3S/c1-3-6-17-14(9-12-5-4-7-19-12)13-8-11(2)10-18-15(13)16/h4-5,7-8,10,14,17H,3,6,9H2,1-2H3,(H2,16,18). The molecule has 2 heterocycles. The summed E-state index contributed by atoms with van der Waals surface area (Å²) in [5.41, 5.74) is 8.31. The summed E-state index contributed by atoms with van der Waals surface area (Å²) in [4.78, 5) is 5.65. The lowest BCUT2D eigenvalue weighted by Crippen LogP contribution is -2.25. The highest BCUT2D eigenvalue weighted by Gasteiger charge is 2.16. The second kappa shape index (κ2) is 6.68. The molecule has 102 valence electrons. The van der Waals surface area contributed by atoms with E-state index in [4.69, 9.17) is 5.73 Å². The maximum atomic E-state index is 6.04. The number of nitrogens with one attached hydrogen (secondary N) is 1. The zero-order chi connectivity index (χ0) is 13.7. The molecule has 0 saturated heterocycles. The molecule has 0 saturated carbocycles. The normalized spacial score (nSPS) is 12.5. The highest BCUT2D eigenvalue weighted by atomic mass is 32.1. The van der Waals surface area contributed by atoms with Crippen LogP contribution >= 0.6 is 11.3 Å². The zero-order valence-electron chi connectivity index (χ0n) is 11.5. The number of rotatable bonds is 6. The van der Waals surface area contributed by atoms with E-state index in [1.165, 1.54) is 4.88 Å². The molecule has 0 aromatic carbocycles. The molecule has 2 rings (SSSR count). The van der Waals surface area contributed by atoms with Crippen LogP contribution in [0.25, 0.3) is 0 Å². The van der Waals surface area contributed by atoms with Crippen molar-refractivity contribution in [1.82, 2.24) is 10.3 Å². The molecule has 2 aromatic heterocycles. The molecule has 0 spiro atoms. The van der Waals surface area contributed by atoms with Crippen LogP contribution < -0.4 is 11.1 Å². The maximum absolute atomic E-state index is 6.04. The number of pyridine rings is 1. The number of aromatic nitrogens is 1. The summed E-state index contributed by atoms with van der Waals surface area (Å²) in [5.74, 6) is 0.635. The van der Waals surface area contributed by atoms with E-state index < -0.39 is 0 Å². The van der Waals surface area contributed by atoms with Gasteiger partial charge in [-0.1, -0.05) is 13.0 Å². The summed E-state index contributed by atoms with van der Waals surface area (Å²) in [6.45, 7) is 5.22. The van der Waals surface area contributed by atoms with Crippen molar-refractivity contribution in [2.45, 2.75) is 32.7 Å². The van der Waals surface area contributed by atoms with Crippen LogP contribution in [0, 0.1) is 6.92 Å². The first-order chi connectivity index (χ1) is 9.20. The van der Waals surface area contributed by atoms with Crippen LogP contribution in [-0.2, 0) is 6.42 Å². The second-order valence-corrected chi connectivity index (χ2v) is 5.81. The van der Waals surface area contributed by atoms with Crippen molar-refractivity contribution >= 4 is 17.2 Å². The van der Waals surface area contributed by atoms with Gasteiger partial charge in [0.15, 0.2) is 0 Å². The summed E-state index contributed by atoms with van der Waals surface area (Å²) >= 11 is 1.79. The number of nitrogens with two attached hydrogens (primary N) is 1. The van der Waals surface area contributed by atoms with E-state index in [0.29, 0.717) is 5.82 Å². The Labute approximate surface area is 118 Å². The smallest absolute Gasteiger partial charge is 0.128 e. The van der Waals surface area contributed by atoms with Gasteiger partial charge in [0.05, 0.1) is 0 Å². The van der Waals surface area contributed by atoms with Crippen LogP contribution in [0.15, 0.2) is 29.8 Å². The van der Waals surface area contributed by atoms with Gasteiger partial charge in [0.1, 0.15) is 5.82 Å². The molecule has 0 aliphatic heterocycles. The van der Waals surface area contributed by atoms with Crippen LogP contribution in [0.5, 0.6) is 0 Å². The molecule has 1 atom stereocenters. The number of anilines is 1. The molecule has 2 aromatic rings. The maximum Gasteiger partial charge on any atom is 0.128 e. The molecule has 19 heavy (non-hydrogen) atoms. The first-order valence-corrected chi connectivity index (χ1v) is 7.56. The number of nitrogens with zero attached hydrogens (tertiary/aromatic N) is 1. The van der Waals surface area contributed by atoms with Crippen LogP contribution in [0.3, 0.4) is 0 Å². The molecular formula is C15H21N3S. The molecule has 0 bridgehead atoms. The van der Waals surface area contributed by atoms with Gasteiger partial charge in [-0.25, -0.2) is 4.98 Å². The van der Waals surface area contributed by atoms with Crippen molar-refractivity contribution in [3.8, 4) is 0 Å². The number of nitrogen functional groups attached to an aromatic ring is 1. The fraction of sp³-hybridized carbons (Fsp3) is 0.400. The predicted octanol–water partition coefficient (Wildman–Crippen LogP) is 3.32. The van der Waals surface area contributed by atoms with Gasteiger partial charge >= 0.3 is 0 Å². The van der Waals surface area contributed by atoms with Crippen LogP contribution in [-0.4, -0.2) is 11.5 Å². The molecule has 3 nitrogen and oxygen atoms in total. The lowest BCUT2D eigenvalue weighted by atomic mass is 10.0. The quantitative estimate of drug-likeness (QED) is 0.850. The zero-order valence-corrected chi connectivity index (χ0v) is 12.3. The monoisotopic (exact) mass is 275 g/mol. The Morgan fingerprint density at radius 2 is 2.32 bits per heavy atom. The van der Waals surface area contributed by atoms with E-state index in [9.17, 15) is 0 Å². The SMILES string of the molecule is CCCNC(Cc1cccs1)c1cc(C)cnc1N. The van der Waals surface area contributed by atoms with E-state index >= 15 is 0 Å². The topological polar surface area (TPSA) is 50.9 Å². The van der Waals surface area contributed by atoms with E-state index in [1.807, 2.05) is 6.20 Å². The Balaban J connectivity index is 2.23. The van der Waals surface area contributed by atoms with Gasteiger partial charge in [0, 0.05) is 29.1 Å². The van der Waals surface area contributed by atoms with E-state index in [2.05, 4.69) is 47.7 Å². The molecule has 3 N–H and O–H groups in total. The molecule has 0 aliphatic carbocycles. The predicted molar refractivity (Wildman–Crippen MR) is 82.4 cm³/mol. The third kappa shape index (κ3) is 3.78. The van der Waals surface area contributed by atoms with Crippen molar-refractivity contribution in [3.05, 3.63) is 45.8 Å². The fourth-order valence-electron chi connectivity index (χ4n) is 2.12. The Hall–Kier alpha value is -1.39. The van der Waals surface area contributed by atoms with Crippen LogP contribution in [0.1, 0.15) is 35.4 Å². The van der Waals surface area contributed by atoms with Crippen molar-refractivity contribution in [2.75, 3.05) is 12.3 Å². The van der Waals surface area contributed by atoms with E-state index in [0.717, 1.165) is 30.5 Å². The number of aryl methyl sites for hydroxylation is 1. The molecule has 0 amide bonds. The highest BCUT2D eigenvalue weighted by Crippen LogP contribution is 2.25. The average Bonchev–Trinajstić information content (AvgIpc) is 2.90. The third-order valence-electron chi connectivity index (χ3n) is 3.09.